The molecule has 0 spiro atoms. The first-order valence-electron chi connectivity index (χ1n) is 4.93. The summed E-state index contributed by atoms with van der Waals surface area (Å²) in [4.78, 5) is 4.43. The largest absolute Gasteiger partial charge is 0.290 e. The molecular formula is C12H17N. The molecule has 0 aromatic rings. The summed E-state index contributed by atoms with van der Waals surface area (Å²) in [6.07, 6.45) is 16.0. The Hall–Kier alpha value is -1.11. The summed E-state index contributed by atoms with van der Waals surface area (Å²) in [5.41, 5.74) is 1.25. The zero-order chi connectivity index (χ0) is 9.36. The molecule has 1 aliphatic heterocycles. The molecule has 1 nitrogen and oxygen atoms in total. The minimum absolute atomic E-state index is 1.01. The molecule has 1 aliphatic rings. The van der Waals surface area contributed by atoms with Crippen LogP contribution in [0.15, 0.2) is 41.4 Å². The second-order valence-electron chi connectivity index (χ2n) is 3.10. The number of allylic oxidation sites excluding steroid dienone is 6. The van der Waals surface area contributed by atoms with Gasteiger partial charge in [-0.05, 0) is 32.3 Å². The molecule has 0 aromatic heterocycles. The Labute approximate surface area is 80.6 Å². The maximum absolute atomic E-state index is 4.43. The van der Waals surface area contributed by atoms with Crippen LogP contribution in [0.1, 0.15) is 26.2 Å². The molecule has 0 aromatic carbocycles. The van der Waals surface area contributed by atoms with Gasteiger partial charge in [0.25, 0.3) is 0 Å². The molecule has 0 saturated heterocycles. The Morgan fingerprint density at radius 3 is 2.62 bits per heavy atom. The third kappa shape index (κ3) is 4.46. The Kier molecular flexibility index (Phi) is 4.92. The monoisotopic (exact) mass is 175 g/mol. The van der Waals surface area contributed by atoms with E-state index in [4.69, 9.17) is 0 Å². The van der Waals surface area contributed by atoms with Crippen LogP contribution in [0.2, 0.25) is 0 Å². The molecule has 0 unspecified atom stereocenters. The van der Waals surface area contributed by atoms with E-state index in [0.717, 1.165) is 13.0 Å². The lowest BCUT2D eigenvalue weighted by Gasteiger charge is -2.06. The Morgan fingerprint density at radius 2 is 1.92 bits per heavy atom. The van der Waals surface area contributed by atoms with Gasteiger partial charge in [-0.25, -0.2) is 0 Å². The van der Waals surface area contributed by atoms with Crippen LogP contribution in [0.3, 0.4) is 0 Å². The fourth-order valence-electron chi connectivity index (χ4n) is 1.26. The van der Waals surface area contributed by atoms with E-state index in [9.17, 15) is 0 Å². The van der Waals surface area contributed by atoms with Crippen LogP contribution in [-0.4, -0.2) is 12.3 Å². The Balaban J connectivity index is 2.34. The number of hydrogen-bond donors (Lipinski definition) is 0. The van der Waals surface area contributed by atoms with Crippen molar-refractivity contribution in [3.63, 3.8) is 0 Å². The predicted octanol–water partition coefficient (Wildman–Crippen LogP) is 3.30. The van der Waals surface area contributed by atoms with E-state index < -0.39 is 0 Å². The van der Waals surface area contributed by atoms with Crippen LogP contribution in [0.5, 0.6) is 0 Å². The molecule has 0 aliphatic carbocycles. The van der Waals surface area contributed by atoms with E-state index in [-0.39, 0.29) is 0 Å². The van der Waals surface area contributed by atoms with Crippen molar-refractivity contribution in [3.05, 3.63) is 36.5 Å². The molecule has 0 atom stereocenters. The molecule has 0 amide bonds. The summed E-state index contributed by atoms with van der Waals surface area (Å²) in [6, 6.07) is 0. The van der Waals surface area contributed by atoms with Gasteiger partial charge in [-0.3, -0.25) is 4.99 Å². The minimum Gasteiger partial charge on any atom is -0.290 e. The lowest BCUT2D eigenvalue weighted by Crippen LogP contribution is -2.02. The lowest BCUT2D eigenvalue weighted by atomic mass is 10.1. The first-order valence-corrected chi connectivity index (χ1v) is 4.93. The van der Waals surface area contributed by atoms with E-state index in [1.165, 1.54) is 18.6 Å². The molecule has 1 heterocycles. The molecule has 0 saturated carbocycles. The van der Waals surface area contributed by atoms with E-state index in [2.05, 4.69) is 17.1 Å². The van der Waals surface area contributed by atoms with E-state index >= 15 is 0 Å². The number of nitrogens with zero attached hydrogens (tertiary/aromatic N) is 1. The van der Waals surface area contributed by atoms with Crippen LogP contribution >= 0.6 is 0 Å². The highest BCUT2D eigenvalue weighted by atomic mass is 14.7. The maximum Gasteiger partial charge on any atom is 0.0392 e. The predicted molar refractivity (Wildman–Crippen MR) is 59.2 cm³/mol. The van der Waals surface area contributed by atoms with Gasteiger partial charge in [-0.1, -0.05) is 30.4 Å². The zero-order valence-electron chi connectivity index (χ0n) is 8.24. The van der Waals surface area contributed by atoms with Gasteiger partial charge in [0, 0.05) is 12.3 Å². The minimum atomic E-state index is 1.01. The third-order valence-corrected chi connectivity index (χ3v) is 1.97. The third-order valence-electron chi connectivity index (χ3n) is 1.97. The standard InChI is InChI=1S/C12H17N/c1-2-3-4-5-6-9-12-10-7-8-11-13-12/h2-6,9H,7-8,10-11H2,1H3. The van der Waals surface area contributed by atoms with Crippen molar-refractivity contribution in [2.24, 2.45) is 4.99 Å². The second kappa shape index (κ2) is 6.41. The molecule has 13 heavy (non-hydrogen) atoms. The lowest BCUT2D eigenvalue weighted by molar-refractivity contribution is 0.740. The summed E-state index contributed by atoms with van der Waals surface area (Å²) in [5, 5.41) is 0. The Morgan fingerprint density at radius 1 is 1.08 bits per heavy atom. The summed E-state index contributed by atoms with van der Waals surface area (Å²) in [5.74, 6) is 0. The fourth-order valence-corrected chi connectivity index (χ4v) is 1.26. The molecule has 0 fully saturated rings. The topological polar surface area (TPSA) is 12.4 Å². The molecule has 0 bridgehead atoms. The normalized spacial score (nSPS) is 19.0. The molecule has 70 valence electrons. The van der Waals surface area contributed by atoms with Gasteiger partial charge in [-0.15, -0.1) is 0 Å². The van der Waals surface area contributed by atoms with Crippen molar-refractivity contribution in [3.8, 4) is 0 Å². The van der Waals surface area contributed by atoms with Gasteiger partial charge < -0.3 is 0 Å². The van der Waals surface area contributed by atoms with Gasteiger partial charge >= 0.3 is 0 Å². The molecule has 0 radical (unpaired) electrons. The summed E-state index contributed by atoms with van der Waals surface area (Å²) in [7, 11) is 0. The van der Waals surface area contributed by atoms with Crippen LogP contribution in [0, 0.1) is 0 Å². The highest BCUT2D eigenvalue weighted by molar-refractivity contribution is 5.95. The first kappa shape index (κ1) is 9.97. The molecule has 1 rings (SSSR count). The fraction of sp³-hybridized carbons (Fsp3) is 0.417. The second-order valence-corrected chi connectivity index (χ2v) is 3.10. The van der Waals surface area contributed by atoms with Gasteiger partial charge in [0.1, 0.15) is 0 Å². The maximum atomic E-state index is 4.43. The molecular weight excluding hydrogens is 158 g/mol. The van der Waals surface area contributed by atoms with Crippen molar-refractivity contribution in [1.29, 1.82) is 0 Å². The van der Waals surface area contributed by atoms with Crippen molar-refractivity contribution >= 4 is 5.71 Å². The number of hydrogen-bond acceptors (Lipinski definition) is 1. The van der Waals surface area contributed by atoms with Crippen LogP contribution in [-0.2, 0) is 0 Å². The molecule has 1 heteroatoms. The average molecular weight is 175 g/mol. The van der Waals surface area contributed by atoms with Crippen LogP contribution < -0.4 is 0 Å². The van der Waals surface area contributed by atoms with Gasteiger partial charge in [0.15, 0.2) is 0 Å². The van der Waals surface area contributed by atoms with Gasteiger partial charge in [0.05, 0.1) is 0 Å². The van der Waals surface area contributed by atoms with Crippen molar-refractivity contribution in [2.45, 2.75) is 26.2 Å². The number of aliphatic imine (C=N–C) groups is 1. The Bertz CT molecular complexity index is 244. The van der Waals surface area contributed by atoms with E-state index in [1.807, 2.05) is 31.2 Å². The van der Waals surface area contributed by atoms with Crippen molar-refractivity contribution in [1.82, 2.24) is 0 Å². The SMILES string of the molecule is CC=CC=CC=CC1=NCCCC1. The van der Waals surface area contributed by atoms with Crippen LogP contribution in [0.4, 0.5) is 0 Å². The summed E-state index contributed by atoms with van der Waals surface area (Å²) in [6.45, 7) is 3.03. The van der Waals surface area contributed by atoms with Gasteiger partial charge in [-0.2, -0.15) is 0 Å². The quantitative estimate of drug-likeness (QED) is 0.584. The first-order chi connectivity index (χ1) is 6.43. The zero-order valence-corrected chi connectivity index (χ0v) is 8.24. The van der Waals surface area contributed by atoms with Crippen molar-refractivity contribution in [2.75, 3.05) is 6.54 Å². The molecule has 0 N–H and O–H groups in total. The van der Waals surface area contributed by atoms with E-state index in [1.54, 1.807) is 0 Å². The average Bonchev–Trinajstić information content (AvgIpc) is 2.19. The van der Waals surface area contributed by atoms with Gasteiger partial charge in [0.2, 0.25) is 0 Å². The summed E-state index contributed by atoms with van der Waals surface area (Å²) < 4.78 is 0. The van der Waals surface area contributed by atoms with Crippen LogP contribution in [0.25, 0.3) is 0 Å². The van der Waals surface area contributed by atoms with Crippen molar-refractivity contribution < 1.29 is 0 Å². The smallest absolute Gasteiger partial charge is 0.0392 e. The summed E-state index contributed by atoms with van der Waals surface area (Å²) >= 11 is 0. The highest BCUT2D eigenvalue weighted by Gasteiger charge is 1.99. The van der Waals surface area contributed by atoms with E-state index in [0.29, 0.717) is 0 Å². The number of rotatable bonds is 3. The highest BCUT2D eigenvalue weighted by Crippen LogP contribution is 2.06.